The van der Waals surface area contributed by atoms with Gasteiger partial charge in [0.25, 0.3) is 0 Å². The predicted octanol–water partition coefficient (Wildman–Crippen LogP) is 2.26. The zero-order valence-corrected chi connectivity index (χ0v) is 8.48. The highest BCUT2D eigenvalue weighted by atomic mass is 14.4. The second-order valence-corrected chi connectivity index (χ2v) is 3.23. The number of hydrogen-bond acceptors (Lipinski definition) is 4. The SMILES string of the molecule is N#CCCCCCC(C#N)C(C#N)C#N. The van der Waals surface area contributed by atoms with Crippen molar-refractivity contribution in [3.8, 4) is 24.3 Å². The van der Waals surface area contributed by atoms with Crippen LogP contribution >= 0.6 is 0 Å². The number of rotatable bonds is 6. The molecule has 0 spiro atoms. The van der Waals surface area contributed by atoms with Crippen LogP contribution in [-0.4, -0.2) is 0 Å². The Balaban J connectivity index is 3.85. The molecule has 0 aromatic heterocycles. The largest absolute Gasteiger partial charge is 0.198 e. The van der Waals surface area contributed by atoms with Gasteiger partial charge in [-0.3, -0.25) is 0 Å². The molecule has 0 aliphatic carbocycles. The lowest BCUT2D eigenvalue weighted by Gasteiger charge is -2.07. The fraction of sp³-hybridized carbons (Fsp3) is 0.636. The van der Waals surface area contributed by atoms with E-state index in [0.717, 1.165) is 19.3 Å². The van der Waals surface area contributed by atoms with Crippen LogP contribution in [-0.2, 0) is 0 Å². The van der Waals surface area contributed by atoms with Crippen molar-refractivity contribution in [2.24, 2.45) is 11.8 Å². The van der Waals surface area contributed by atoms with Crippen molar-refractivity contribution in [3.63, 3.8) is 0 Å². The summed E-state index contributed by atoms with van der Waals surface area (Å²) in [4.78, 5) is 0. The molecule has 4 nitrogen and oxygen atoms in total. The van der Waals surface area contributed by atoms with Gasteiger partial charge >= 0.3 is 0 Å². The molecular formula is C11H12N4. The van der Waals surface area contributed by atoms with Crippen molar-refractivity contribution < 1.29 is 0 Å². The van der Waals surface area contributed by atoms with Crippen LogP contribution in [0, 0.1) is 57.2 Å². The molecule has 0 fully saturated rings. The van der Waals surface area contributed by atoms with Gasteiger partial charge in [-0.25, -0.2) is 0 Å². The van der Waals surface area contributed by atoms with E-state index >= 15 is 0 Å². The molecule has 0 saturated carbocycles. The van der Waals surface area contributed by atoms with Gasteiger partial charge in [0.05, 0.1) is 30.2 Å². The number of unbranched alkanes of at least 4 members (excludes halogenated alkanes) is 3. The number of nitrogens with zero attached hydrogens (tertiary/aromatic N) is 4. The summed E-state index contributed by atoms with van der Waals surface area (Å²) in [7, 11) is 0. The van der Waals surface area contributed by atoms with E-state index in [2.05, 4.69) is 0 Å². The maximum absolute atomic E-state index is 8.76. The average molecular weight is 200 g/mol. The Hall–Kier alpha value is -2.04. The van der Waals surface area contributed by atoms with Crippen molar-refractivity contribution in [2.45, 2.75) is 32.1 Å². The van der Waals surface area contributed by atoms with Crippen LogP contribution in [0.1, 0.15) is 32.1 Å². The van der Waals surface area contributed by atoms with E-state index in [9.17, 15) is 0 Å². The molecule has 4 heteroatoms. The van der Waals surface area contributed by atoms with Gasteiger partial charge in [0, 0.05) is 6.42 Å². The summed E-state index contributed by atoms with van der Waals surface area (Å²) in [6, 6.07) is 7.67. The van der Waals surface area contributed by atoms with Crippen molar-refractivity contribution in [2.75, 3.05) is 0 Å². The van der Waals surface area contributed by atoms with E-state index in [1.54, 1.807) is 0 Å². The number of nitriles is 4. The van der Waals surface area contributed by atoms with Crippen molar-refractivity contribution >= 4 is 0 Å². The summed E-state index contributed by atoms with van der Waals surface area (Å²) in [6.07, 6.45) is 3.57. The summed E-state index contributed by atoms with van der Waals surface area (Å²) in [6.45, 7) is 0. The lowest BCUT2D eigenvalue weighted by atomic mass is 9.91. The Morgan fingerprint density at radius 3 is 1.93 bits per heavy atom. The molecular weight excluding hydrogens is 188 g/mol. The fourth-order valence-electron chi connectivity index (χ4n) is 1.26. The Labute approximate surface area is 90.0 Å². The molecule has 0 aliphatic rings. The van der Waals surface area contributed by atoms with E-state index in [1.165, 1.54) is 0 Å². The minimum absolute atomic E-state index is 0.498. The van der Waals surface area contributed by atoms with Gasteiger partial charge in [0.2, 0.25) is 0 Å². The molecule has 0 rings (SSSR count). The topological polar surface area (TPSA) is 95.2 Å². The second-order valence-electron chi connectivity index (χ2n) is 3.23. The smallest absolute Gasteiger partial charge is 0.149 e. The number of hydrogen-bond donors (Lipinski definition) is 0. The van der Waals surface area contributed by atoms with E-state index in [0.29, 0.717) is 12.8 Å². The van der Waals surface area contributed by atoms with Crippen LogP contribution in [0.5, 0.6) is 0 Å². The monoisotopic (exact) mass is 200 g/mol. The third-order valence-corrected chi connectivity index (χ3v) is 2.15. The summed E-state index contributed by atoms with van der Waals surface area (Å²) >= 11 is 0. The molecule has 0 heterocycles. The van der Waals surface area contributed by atoms with Crippen LogP contribution < -0.4 is 0 Å². The van der Waals surface area contributed by atoms with Crippen LogP contribution in [0.15, 0.2) is 0 Å². The molecule has 76 valence electrons. The Morgan fingerprint density at radius 1 is 0.800 bits per heavy atom. The first kappa shape index (κ1) is 13.0. The minimum atomic E-state index is -0.828. The summed E-state index contributed by atoms with van der Waals surface area (Å²) in [5.74, 6) is -1.33. The second kappa shape index (κ2) is 8.55. The van der Waals surface area contributed by atoms with E-state index in [1.807, 2.05) is 24.3 Å². The fourth-order valence-corrected chi connectivity index (χ4v) is 1.26. The molecule has 15 heavy (non-hydrogen) atoms. The minimum Gasteiger partial charge on any atom is -0.198 e. The van der Waals surface area contributed by atoms with Gasteiger partial charge in [-0.05, 0) is 12.8 Å². The van der Waals surface area contributed by atoms with Crippen LogP contribution in [0.2, 0.25) is 0 Å². The maximum Gasteiger partial charge on any atom is 0.149 e. The third kappa shape index (κ3) is 5.30. The zero-order valence-electron chi connectivity index (χ0n) is 8.48. The summed E-state index contributed by atoms with van der Waals surface area (Å²) < 4.78 is 0. The zero-order chi connectivity index (χ0) is 11.5. The van der Waals surface area contributed by atoms with Crippen molar-refractivity contribution in [1.82, 2.24) is 0 Å². The normalized spacial score (nSPS) is 10.7. The van der Waals surface area contributed by atoms with Crippen molar-refractivity contribution in [1.29, 1.82) is 21.0 Å². The molecule has 0 bridgehead atoms. The Bertz CT molecular complexity index is 320. The first-order chi connectivity index (χ1) is 7.29. The standard InChI is InChI=1S/C11H12N4/c12-6-4-2-1-3-5-10(7-13)11(8-14)9-15/h10-11H,1-5H2. The van der Waals surface area contributed by atoms with E-state index in [-0.39, 0.29) is 0 Å². The van der Waals surface area contributed by atoms with Gasteiger partial charge in [-0.1, -0.05) is 12.8 Å². The quantitative estimate of drug-likeness (QED) is 0.614. The average Bonchev–Trinajstić information content (AvgIpc) is 2.27. The Kier molecular flexibility index (Phi) is 7.39. The third-order valence-electron chi connectivity index (χ3n) is 2.15. The van der Waals surface area contributed by atoms with Gasteiger partial charge < -0.3 is 0 Å². The molecule has 1 unspecified atom stereocenters. The molecule has 0 amide bonds. The highest BCUT2D eigenvalue weighted by Gasteiger charge is 2.19. The van der Waals surface area contributed by atoms with Gasteiger partial charge in [-0.2, -0.15) is 21.0 Å². The Morgan fingerprint density at radius 2 is 1.47 bits per heavy atom. The summed E-state index contributed by atoms with van der Waals surface area (Å²) in [5.41, 5.74) is 0. The first-order valence-electron chi connectivity index (χ1n) is 4.86. The predicted molar refractivity (Wildman–Crippen MR) is 52.5 cm³/mol. The van der Waals surface area contributed by atoms with E-state index < -0.39 is 11.8 Å². The molecule has 0 aromatic carbocycles. The molecule has 0 N–H and O–H groups in total. The maximum atomic E-state index is 8.76. The van der Waals surface area contributed by atoms with Crippen LogP contribution in [0.4, 0.5) is 0 Å². The lowest BCUT2D eigenvalue weighted by Crippen LogP contribution is -2.09. The molecule has 1 atom stereocenters. The van der Waals surface area contributed by atoms with Crippen LogP contribution in [0.25, 0.3) is 0 Å². The van der Waals surface area contributed by atoms with Gasteiger partial charge in [0.1, 0.15) is 5.92 Å². The molecule has 0 aliphatic heterocycles. The molecule has 0 aromatic rings. The van der Waals surface area contributed by atoms with Gasteiger partial charge in [-0.15, -0.1) is 0 Å². The highest BCUT2D eigenvalue weighted by molar-refractivity contribution is 5.08. The first-order valence-corrected chi connectivity index (χ1v) is 4.86. The van der Waals surface area contributed by atoms with Crippen molar-refractivity contribution in [3.05, 3.63) is 0 Å². The molecule has 0 saturated heterocycles. The van der Waals surface area contributed by atoms with Gasteiger partial charge in [0.15, 0.2) is 0 Å². The summed E-state index contributed by atoms with van der Waals surface area (Å²) in [5, 5.41) is 34.3. The van der Waals surface area contributed by atoms with E-state index in [4.69, 9.17) is 21.0 Å². The molecule has 0 radical (unpaired) electrons. The lowest BCUT2D eigenvalue weighted by molar-refractivity contribution is 0.500. The highest BCUT2D eigenvalue weighted by Crippen LogP contribution is 2.17. The van der Waals surface area contributed by atoms with Crippen LogP contribution in [0.3, 0.4) is 0 Å².